The lowest BCUT2D eigenvalue weighted by Crippen LogP contribution is -2.07. The van der Waals surface area contributed by atoms with Crippen molar-refractivity contribution in [3.05, 3.63) is 81.3 Å². The van der Waals surface area contributed by atoms with E-state index in [2.05, 4.69) is 24.1 Å². The molecule has 0 bridgehead atoms. The van der Waals surface area contributed by atoms with Crippen molar-refractivity contribution < 1.29 is 13.9 Å². The number of nitrogens with one attached hydrogen (secondary N) is 1. The van der Waals surface area contributed by atoms with E-state index < -0.39 is 0 Å². The fourth-order valence-electron chi connectivity index (χ4n) is 3.27. The average Bonchev–Trinajstić information content (AvgIpc) is 3.17. The van der Waals surface area contributed by atoms with Gasteiger partial charge in [0, 0.05) is 27.9 Å². The van der Waals surface area contributed by atoms with Crippen LogP contribution >= 0.6 is 23.2 Å². The molecule has 0 spiro atoms. The van der Waals surface area contributed by atoms with Gasteiger partial charge < -0.3 is 14.5 Å². The second kappa shape index (κ2) is 9.07. The van der Waals surface area contributed by atoms with Gasteiger partial charge in [0.25, 0.3) is 0 Å². The highest BCUT2D eigenvalue weighted by molar-refractivity contribution is 6.36. The lowest BCUT2D eigenvalue weighted by molar-refractivity contribution is -0.111. The van der Waals surface area contributed by atoms with Gasteiger partial charge in [-0.1, -0.05) is 29.3 Å². The molecule has 5 nitrogen and oxygen atoms in total. The van der Waals surface area contributed by atoms with E-state index in [0.717, 1.165) is 5.56 Å². The summed E-state index contributed by atoms with van der Waals surface area (Å²) in [6, 6.07) is 14.6. The molecule has 0 unspecified atom stereocenters. The number of oxazole rings is 1. The Bertz CT molecular complexity index is 1360. The van der Waals surface area contributed by atoms with Crippen LogP contribution in [0.2, 0.25) is 10.0 Å². The summed E-state index contributed by atoms with van der Waals surface area (Å²) < 4.78 is 11.2. The fourth-order valence-corrected chi connectivity index (χ4v) is 3.86. The third-order valence-electron chi connectivity index (χ3n) is 5.06. The van der Waals surface area contributed by atoms with Crippen molar-refractivity contribution in [3.63, 3.8) is 0 Å². The topological polar surface area (TPSA) is 64.4 Å². The number of aryl methyl sites for hydroxylation is 2. The average molecular weight is 467 g/mol. The smallest absolute Gasteiger partial charge is 0.248 e. The fraction of sp³-hybridized carbons (Fsp3) is 0.120. The predicted molar refractivity (Wildman–Crippen MR) is 130 cm³/mol. The van der Waals surface area contributed by atoms with E-state index in [1.54, 1.807) is 36.4 Å². The number of rotatable bonds is 5. The summed E-state index contributed by atoms with van der Waals surface area (Å²) >= 11 is 12.2. The molecule has 0 aliphatic rings. The first kappa shape index (κ1) is 21.9. The summed E-state index contributed by atoms with van der Waals surface area (Å²) in [6.07, 6.45) is 2.98. The van der Waals surface area contributed by atoms with Crippen LogP contribution in [0.15, 0.2) is 59.0 Å². The van der Waals surface area contributed by atoms with Crippen molar-refractivity contribution in [2.75, 3.05) is 12.4 Å². The van der Waals surface area contributed by atoms with Crippen molar-refractivity contribution in [3.8, 4) is 17.2 Å². The Hall–Kier alpha value is -3.28. The summed E-state index contributed by atoms with van der Waals surface area (Å²) in [6.45, 7) is 4.11. The van der Waals surface area contributed by atoms with E-state index in [9.17, 15) is 4.79 Å². The normalized spacial score (nSPS) is 11.3. The van der Waals surface area contributed by atoms with Crippen LogP contribution in [0.5, 0.6) is 5.75 Å². The van der Waals surface area contributed by atoms with Gasteiger partial charge in [-0.25, -0.2) is 4.98 Å². The summed E-state index contributed by atoms with van der Waals surface area (Å²) in [5, 5.41) is 3.64. The standard InChI is InChI=1S/C25H20Cl2N2O3/c1-14-4-5-17(10-15(14)2)25-29-21-13-19(7-8-22(21)32-25)28-23(30)9-6-16-11-18(26)12-20(27)24(16)31-3/h4-13H,1-3H3,(H,28,30). The molecule has 1 N–H and O–H groups in total. The first-order valence-electron chi connectivity index (χ1n) is 9.84. The van der Waals surface area contributed by atoms with Gasteiger partial charge in [0.05, 0.1) is 12.1 Å². The quantitative estimate of drug-likeness (QED) is 0.319. The van der Waals surface area contributed by atoms with E-state index in [1.165, 1.54) is 24.3 Å². The van der Waals surface area contributed by atoms with Gasteiger partial charge in [-0.2, -0.15) is 0 Å². The minimum atomic E-state index is -0.319. The molecule has 32 heavy (non-hydrogen) atoms. The predicted octanol–water partition coefficient (Wildman–Crippen LogP) is 7.08. The molecule has 4 aromatic rings. The van der Waals surface area contributed by atoms with E-state index in [-0.39, 0.29) is 5.91 Å². The number of fused-ring (bicyclic) bond motifs is 1. The zero-order chi connectivity index (χ0) is 22.8. The second-order valence-corrected chi connectivity index (χ2v) is 8.18. The Morgan fingerprint density at radius 3 is 2.62 bits per heavy atom. The summed E-state index contributed by atoms with van der Waals surface area (Å²) in [7, 11) is 1.51. The Morgan fingerprint density at radius 2 is 1.88 bits per heavy atom. The van der Waals surface area contributed by atoms with Gasteiger partial charge >= 0.3 is 0 Å². The summed E-state index contributed by atoms with van der Waals surface area (Å²) in [5.74, 6) is 0.666. The van der Waals surface area contributed by atoms with Crippen LogP contribution in [0.25, 0.3) is 28.6 Å². The van der Waals surface area contributed by atoms with Crippen molar-refractivity contribution in [1.29, 1.82) is 0 Å². The van der Waals surface area contributed by atoms with Gasteiger partial charge in [0.1, 0.15) is 11.3 Å². The molecule has 1 amide bonds. The summed E-state index contributed by atoms with van der Waals surface area (Å²) in [5.41, 5.74) is 5.79. The number of anilines is 1. The maximum atomic E-state index is 12.4. The first-order valence-corrected chi connectivity index (χ1v) is 10.6. The monoisotopic (exact) mass is 466 g/mol. The Kier molecular flexibility index (Phi) is 6.21. The second-order valence-electron chi connectivity index (χ2n) is 7.33. The van der Waals surface area contributed by atoms with Crippen molar-refractivity contribution >= 4 is 52.0 Å². The van der Waals surface area contributed by atoms with Gasteiger partial charge in [0.2, 0.25) is 11.8 Å². The Balaban J connectivity index is 1.54. The van der Waals surface area contributed by atoms with Gasteiger partial charge in [-0.05, 0) is 73.5 Å². The highest BCUT2D eigenvalue weighted by Gasteiger charge is 2.11. The van der Waals surface area contributed by atoms with Crippen molar-refractivity contribution in [1.82, 2.24) is 4.98 Å². The third kappa shape index (κ3) is 4.64. The van der Waals surface area contributed by atoms with E-state index in [0.29, 0.717) is 44.0 Å². The molecule has 3 aromatic carbocycles. The lowest BCUT2D eigenvalue weighted by atomic mass is 10.1. The Morgan fingerprint density at radius 1 is 1.06 bits per heavy atom. The number of nitrogens with zero attached hydrogens (tertiary/aromatic N) is 1. The summed E-state index contributed by atoms with van der Waals surface area (Å²) in [4.78, 5) is 17.0. The molecular weight excluding hydrogens is 447 g/mol. The maximum absolute atomic E-state index is 12.4. The number of methoxy groups -OCH3 is 1. The van der Waals surface area contributed by atoms with E-state index in [1.807, 2.05) is 18.2 Å². The van der Waals surface area contributed by atoms with Crippen molar-refractivity contribution in [2.45, 2.75) is 13.8 Å². The third-order valence-corrected chi connectivity index (χ3v) is 5.56. The number of hydrogen-bond donors (Lipinski definition) is 1. The molecule has 0 saturated carbocycles. The first-order chi connectivity index (χ1) is 15.3. The maximum Gasteiger partial charge on any atom is 0.248 e. The van der Waals surface area contributed by atoms with Crippen LogP contribution in [0, 0.1) is 13.8 Å². The van der Waals surface area contributed by atoms with E-state index >= 15 is 0 Å². The molecule has 0 radical (unpaired) electrons. The molecule has 1 aromatic heterocycles. The molecule has 0 aliphatic heterocycles. The number of halogens is 2. The van der Waals surface area contributed by atoms with Crippen LogP contribution < -0.4 is 10.1 Å². The number of carbonyl (C=O) groups excluding carboxylic acids is 1. The minimum Gasteiger partial charge on any atom is -0.495 e. The molecule has 7 heteroatoms. The lowest BCUT2D eigenvalue weighted by Gasteiger charge is -2.08. The van der Waals surface area contributed by atoms with Crippen LogP contribution in [0.1, 0.15) is 16.7 Å². The molecule has 0 saturated heterocycles. The van der Waals surface area contributed by atoms with Gasteiger partial charge in [-0.3, -0.25) is 4.79 Å². The number of hydrogen-bond acceptors (Lipinski definition) is 4. The zero-order valence-electron chi connectivity index (χ0n) is 17.7. The van der Waals surface area contributed by atoms with Crippen LogP contribution in [0.3, 0.4) is 0 Å². The van der Waals surface area contributed by atoms with Gasteiger partial charge in [-0.15, -0.1) is 0 Å². The largest absolute Gasteiger partial charge is 0.495 e. The Labute approximate surface area is 195 Å². The number of carbonyl (C=O) groups is 1. The highest BCUT2D eigenvalue weighted by Crippen LogP contribution is 2.33. The minimum absolute atomic E-state index is 0.319. The van der Waals surface area contributed by atoms with Gasteiger partial charge in [0.15, 0.2) is 5.58 Å². The van der Waals surface area contributed by atoms with Crippen LogP contribution in [-0.2, 0) is 4.79 Å². The molecule has 162 valence electrons. The van der Waals surface area contributed by atoms with Crippen molar-refractivity contribution in [2.24, 2.45) is 0 Å². The molecular formula is C25H20Cl2N2O3. The molecule has 0 fully saturated rings. The molecule has 0 aliphatic carbocycles. The SMILES string of the molecule is COc1c(Cl)cc(Cl)cc1C=CC(=O)Nc1ccc2oc(-c3ccc(C)c(C)c3)nc2c1. The van der Waals surface area contributed by atoms with Crippen LogP contribution in [-0.4, -0.2) is 18.0 Å². The molecule has 4 rings (SSSR count). The molecule has 1 heterocycles. The highest BCUT2D eigenvalue weighted by atomic mass is 35.5. The number of ether oxygens (including phenoxy) is 1. The number of aromatic nitrogens is 1. The number of amides is 1. The van der Waals surface area contributed by atoms with E-state index in [4.69, 9.17) is 32.4 Å². The molecule has 0 atom stereocenters. The van der Waals surface area contributed by atoms with Crippen LogP contribution in [0.4, 0.5) is 5.69 Å². The zero-order valence-corrected chi connectivity index (χ0v) is 19.2. The number of benzene rings is 3.